The maximum Gasteiger partial charge on any atom is 0.0376 e. The van der Waals surface area contributed by atoms with Crippen LogP contribution in [-0.4, -0.2) is 20.6 Å². The molecule has 2 heteroatoms. The fourth-order valence-corrected chi connectivity index (χ4v) is 2.75. The summed E-state index contributed by atoms with van der Waals surface area (Å²) in [5.74, 6) is 0.599. The van der Waals surface area contributed by atoms with E-state index in [0.717, 1.165) is 13.0 Å². The first kappa shape index (κ1) is 12.1. The lowest BCUT2D eigenvalue weighted by Crippen LogP contribution is -2.09. The standard InChI is InChI=1S/C17H20N2/c1-19(2)15-9-7-13(8-10-15)11-14-12-18-17-6-4-3-5-16(14)17/h3-10,14,18H,11-12H2,1-2H3. The Kier molecular flexibility index (Phi) is 3.16. The van der Waals surface area contributed by atoms with Crippen LogP contribution in [0.2, 0.25) is 0 Å². The second-order valence-corrected chi connectivity index (χ2v) is 5.43. The normalized spacial score (nSPS) is 16.8. The van der Waals surface area contributed by atoms with Crippen molar-refractivity contribution in [2.75, 3.05) is 30.9 Å². The van der Waals surface area contributed by atoms with Crippen molar-refractivity contribution in [2.45, 2.75) is 12.3 Å². The summed E-state index contributed by atoms with van der Waals surface area (Å²) >= 11 is 0. The molecule has 1 heterocycles. The van der Waals surface area contributed by atoms with Crippen molar-refractivity contribution < 1.29 is 0 Å². The number of para-hydroxylation sites is 1. The maximum absolute atomic E-state index is 3.49. The molecule has 19 heavy (non-hydrogen) atoms. The molecule has 0 radical (unpaired) electrons. The van der Waals surface area contributed by atoms with Crippen LogP contribution >= 0.6 is 0 Å². The molecule has 0 saturated carbocycles. The highest BCUT2D eigenvalue weighted by molar-refractivity contribution is 5.58. The van der Waals surface area contributed by atoms with Crippen LogP contribution in [0, 0.1) is 0 Å². The summed E-state index contributed by atoms with van der Waals surface area (Å²) in [7, 11) is 4.15. The number of rotatable bonds is 3. The molecular weight excluding hydrogens is 232 g/mol. The van der Waals surface area contributed by atoms with E-state index in [-0.39, 0.29) is 0 Å². The Labute approximate surface area is 115 Å². The van der Waals surface area contributed by atoms with E-state index in [9.17, 15) is 0 Å². The van der Waals surface area contributed by atoms with Crippen LogP contribution in [0.1, 0.15) is 17.0 Å². The molecule has 0 aromatic heterocycles. The Morgan fingerprint density at radius 2 is 1.79 bits per heavy atom. The Bertz CT molecular complexity index is 558. The SMILES string of the molecule is CN(C)c1ccc(CC2CNc3ccccc32)cc1. The second kappa shape index (κ2) is 4.96. The zero-order valence-corrected chi connectivity index (χ0v) is 11.6. The fraction of sp³-hybridized carbons (Fsp3) is 0.294. The van der Waals surface area contributed by atoms with Gasteiger partial charge in [0.2, 0.25) is 0 Å². The van der Waals surface area contributed by atoms with E-state index in [1.807, 2.05) is 0 Å². The molecule has 1 aliphatic rings. The van der Waals surface area contributed by atoms with Crippen LogP contribution in [0.3, 0.4) is 0 Å². The minimum atomic E-state index is 0.599. The molecule has 2 aromatic carbocycles. The van der Waals surface area contributed by atoms with Crippen molar-refractivity contribution in [3.05, 3.63) is 59.7 Å². The van der Waals surface area contributed by atoms with Crippen LogP contribution < -0.4 is 10.2 Å². The van der Waals surface area contributed by atoms with Gasteiger partial charge in [0.25, 0.3) is 0 Å². The van der Waals surface area contributed by atoms with Crippen molar-refractivity contribution in [2.24, 2.45) is 0 Å². The van der Waals surface area contributed by atoms with Gasteiger partial charge in [-0.2, -0.15) is 0 Å². The Morgan fingerprint density at radius 1 is 1.05 bits per heavy atom. The molecule has 0 bridgehead atoms. The quantitative estimate of drug-likeness (QED) is 0.899. The zero-order valence-electron chi connectivity index (χ0n) is 11.6. The summed E-state index contributed by atoms with van der Waals surface area (Å²) in [6.45, 7) is 1.05. The average molecular weight is 252 g/mol. The predicted molar refractivity (Wildman–Crippen MR) is 82.1 cm³/mol. The summed E-state index contributed by atoms with van der Waals surface area (Å²) < 4.78 is 0. The fourth-order valence-electron chi connectivity index (χ4n) is 2.75. The third kappa shape index (κ3) is 2.43. The minimum absolute atomic E-state index is 0.599. The van der Waals surface area contributed by atoms with Crippen molar-refractivity contribution in [3.63, 3.8) is 0 Å². The van der Waals surface area contributed by atoms with Crippen LogP contribution in [0.4, 0.5) is 11.4 Å². The Balaban J connectivity index is 1.76. The molecule has 0 aliphatic carbocycles. The van der Waals surface area contributed by atoms with E-state index in [0.29, 0.717) is 5.92 Å². The highest BCUT2D eigenvalue weighted by atomic mass is 15.1. The molecule has 0 fully saturated rings. The van der Waals surface area contributed by atoms with Gasteiger partial charge < -0.3 is 10.2 Å². The lowest BCUT2D eigenvalue weighted by atomic mass is 9.94. The summed E-state index contributed by atoms with van der Waals surface area (Å²) in [5.41, 5.74) is 5.43. The Hall–Kier alpha value is -1.96. The van der Waals surface area contributed by atoms with Gasteiger partial charge in [0.15, 0.2) is 0 Å². The number of anilines is 2. The molecule has 98 valence electrons. The summed E-state index contributed by atoms with van der Waals surface area (Å²) in [6, 6.07) is 17.5. The van der Waals surface area contributed by atoms with E-state index >= 15 is 0 Å². The number of hydrogen-bond acceptors (Lipinski definition) is 2. The largest absolute Gasteiger partial charge is 0.384 e. The van der Waals surface area contributed by atoms with Crippen LogP contribution in [0.25, 0.3) is 0 Å². The number of benzene rings is 2. The van der Waals surface area contributed by atoms with E-state index < -0.39 is 0 Å². The van der Waals surface area contributed by atoms with Gasteiger partial charge in [0, 0.05) is 37.9 Å². The monoisotopic (exact) mass is 252 g/mol. The van der Waals surface area contributed by atoms with E-state index in [1.165, 1.54) is 22.5 Å². The number of nitrogens with zero attached hydrogens (tertiary/aromatic N) is 1. The van der Waals surface area contributed by atoms with E-state index in [4.69, 9.17) is 0 Å². The molecule has 1 unspecified atom stereocenters. The highest BCUT2D eigenvalue weighted by Crippen LogP contribution is 2.33. The van der Waals surface area contributed by atoms with Gasteiger partial charge in [-0.15, -0.1) is 0 Å². The van der Waals surface area contributed by atoms with Gasteiger partial charge >= 0.3 is 0 Å². The molecule has 0 spiro atoms. The third-order valence-corrected chi connectivity index (χ3v) is 3.87. The van der Waals surface area contributed by atoms with Gasteiger partial charge in [-0.1, -0.05) is 30.3 Å². The van der Waals surface area contributed by atoms with Crippen LogP contribution in [0.15, 0.2) is 48.5 Å². The topological polar surface area (TPSA) is 15.3 Å². The molecule has 1 aliphatic heterocycles. The third-order valence-electron chi connectivity index (χ3n) is 3.87. The van der Waals surface area contributed by atoms with Crippen LogP contribution in [0.5, 0.6) is 0 Å². The first-order valence-electron chi connectivity index (χ1n) is 6.83. The lowest BCUT2D eigenvalue weighted by Gasteiger charge is -2.14. The van der Waals surface area contributed by atoms with Gasteiger partial charge in [0.05, 0.1) is 0 Å². The minimum Gasteiger partial charge on any atom is -0.384 e. The van der Waals surface area contributed by atoms with Crippen LogP contribution in [-0.2, 0) is 6.42 Å². The van der Waals surface area contributed by atoms with Gasteiger partial charge in [-0.05, 0) is 35.7 Å². The predicted octanol–water partition coefficient (Wildman–Crippen LogP) is 3.50. The second-order valence-electron chi connectivity index (χ2n) is 5.43. The molecule has 1 atom stereocenters. The van der Waals surface area contributed by atoms with Crippen molar-refractivity contribution in [1.82, 2.24) is 0 Å². The first-order valence-corrected chi connectivity index (χ1v) is 6.83. The molecule has 2 nitrogen and oxygen atoms in total. The first-order chi connectivity index (χ1) is 9.24. The molecule has 0 amide bonds. The highest BCUT2D eigenvalue weighted by Gasteiger charge is 2.21. The smallest absolute Gasteiger partial charge is 0.0376 e. The van der Waals surface area contributed by atoms with Crippen molar-refractivity contribution in [1.29, 1.82) is 0 Å². The molecular formula is C17H20N2. The van der Waals surface area contributed by atoms with Gasteiger partial charge in [-0.3, -0.25) is 0 Å². The van der Waals surface area contributed by atoms with Gasteiger partial charge in [-0.25, -0.2) is 0 Å². The van der Waals surface area contributed by atoms with Crippen molar-refractivity contribution >= 4 is 11.4 Å². The summed E-state index contributed by atoms with van der Waals surface area (Å²) in [4.78, 5) is 2.14. The molecule has 2 aromatic rings. The van der Waals surface area contributed by atoms with Gasteiger partial charge in [0.1, 0.15) is 0 Å². The Morgan fingerprint density at radius 3 is 2.53 bits per heavy atom. The number of hydrogen-bond donors (Lipinski definition) is 1. The molecule has 0 saturated heterocycles. The van der Waals surface area contributed by atoms with Crippen molar-refractivity contribution in [3.8, 4) is 0 Å². The molecule has 3 rings (SSSR count). The number of nitrogens with one attached hydrogen (secondary N) is 1. The maximum atomic E-state index is 3.49. The summed E-state index contributed by atoms with van der Waals surface area (Å²) in [6.07, 6.45) is 1.11. The van der Waals surface area contributed by atoms with E-state index in [1.54, 1.807) is 0 Å². The van der Waals surface area contributed by atoms with E-state index in [2.05, 4.69) is 72.8 Å². The lowest BCUT2D eigenvalue weighted by molar-refractivity contribution is 0.752. The molecule has 1 N–H and O–H groups in total. The summed E-state index contributed by atoms with van der Waals surface area (Å²) in [5, 5.41) is 3.49. The average Bonchev–Trinajstić information content (AvgIpc) is 2.83. The number of fused-ring (bicyclic) bond motifs is 1. The zero-order chi connectivity index (χ0) is 13.2.